The van der Waals surface area contributed by atoms with Gasteiger partial charge in [0.15, 0.2) is 0 Å². The summed E-state index contributed by atoms with van der Waals surface area (Å²) in [5, 5.41) is 2.78. The Morgan fingerprint density at radius 1 is 1.14 bits per heavy atom. The zero-order chi connectivity index (χ0) is 20.6. The smallest absolute Gasteiger partial charge is 0.244 e. The molecule has 8 heteroatoms. The molecule has 0 radical (unpaired) electrons. The fraction of sp³-hybridized carbons (Fsp3) is 0.250. The fourth-order valence-corrected chi connectivity index (χ4v) is 3.08. The summed E-state index contributed by atoms with van der Waals surface area (Å²) in [7, 11) is -1.50. The fourth-order valence-electron chi connectivity index (χ4n) is 2.52. The van der Waals surface area contributed by atoms with Gasteiger partial charge in [0, 0.05) is 31.9 Å². The molecule has 0 heterocycles. The molecule has 0 bridgehead atoms. The van der Waals surface area contributed by atoms with Crippen LogP contribution >= 0.6 is 0 Å². The van der Waals surface area contributed by atoms with Crippen molar-refractivity contribution < 1.29 is 17.6 Å². The second kappa shape index (κ2) is 9.89. The molecule has 2 aromatic carbocycles. The molecule has 2 aromatic rings. The average Bonchev–Trinajstić information content (AvgIpc) is 2.63. The maximum Gasteiger partial charge on any atom is 0.244 e. The molecule has 2 rings (SSSR count). The lowest BCUT2D eigenvalue weighted by molar-refractivity contribution is -0.116. The lowest BCUT2D eigenvalue weighted by Crippen LogP contribution is -2.27. The maximum absolute atomic E-state index is 13.7. The Balaban J connectivity index is 1.74. The number of nitrogens with zero attached hydrogens (tertiary/aromatic N) is 1. The minimum Gasteiger partial charge on any atom is -0.372 e. The Morgan fingerprint density at radius 3 is 2.46 bits per heavy atom. The van der Waals surface area contributed by atoms with Gasteiger partial charge in [-0.15, -0.1) is 0 Å². The second-order valence-corrected chi connectivity index (χ2v) is 8.10. The number of hydrogen-bond acceptors (Lipinski definition) is 4. The van der Waals surface area contributed by atoms with E-state index in [1.807, 2.05) is 11.9 Å². The molecular formula is C20H24FN3O3S. The van der Waals surface area contributed by atoms with Crippen LogP contribution in [-0.2, 0) is 14.8 Å². The summed E-state index contributed by atoms with van der Waals surface area (Å²) in [6.07, 6.45) is 4.82. The van der Waals surface area contributed by atoms with Gasteiger partial charge in [0.25, 0.3) is 0 Å². The van der Waals surface area contributed by atoms with Gasteiger partial charge in [0.05, 0.1) is 11.9 Å². The molecule has 0 aliphatic heterocycles. The topological polar surface area (TPSA) is 78.5 Å². The first kappa shape index (κ1) is 21.4. The van der Waals surface area contributed by atoms with Crippen molar-refractivity contribution >= 4 is 33.4 Å². The van der Waals surface area contributed by atoms with E-state index in [4.69, 9.17) is 0 Å². The predicted molar refractivity (Wildman–Crippen MR) is 111 cm³/mol. The minimum absolute atomic E-state index is 0.230. The van der Waals surface area contributed by atoms with Gasteiger partial charge in [-0.3, -0.25) is 9.52 Å². The van der Waals surface area contributed by atoms with Gasteiger partial charge < -0.3 is 10.2 Å². The second-order valence-electron chi connectivity index (χ2n) is 6.35. The summed E-state index contributed by atoms with van der Waals surface area (Å²) >= 11 is 0. The van der Waals surface area contributed by atoms with Crippen molar-refractivity contribution in [1.29, 1.82) is 0 Å². The molecule has 0 spiro atoms. The van der Waals surface area contributed by atoms with Crippen LogP contribution in [0, 0.1) is 5.82 Å². The highest BCUT2D eigenvalue weighted by Crippen LogP contribution is 2.16. The summed E-state index contributed by atoms with van der Waals surface area (Å²) in [6.45, 7) is 1.08. The van der Waals surface area contributed by atoms with Crippen LogP contribution in [0.25, 0.3) is 6.08 Å². The molecule has 0 unspecified atom stereocenters. The maximum atomic E-state index is 13.7. The van der Waals surface area contributed by atoms with E-state index in [0.717, 1.165) is 11.8 Å². The highest BCUT2D eigenvalue weighted by Gasteiger charge is 2.06. The monoisotopic (exact) mass is 405 g/mol. The third kappa shape index (κ3) is 7.40. The number of carbonyl (C=O) groups excluding carboxylic acids is 1. The van der Waals surface area contributed by atoms with Crippen molar-refractivity contribution in [3.63, 3.8) is 0 Å². The summed E-state index contributed by atoms with van der Waals surface area (Å²) in [4.78, 5) is 13.7. The van der Waals surface area contributed by atoms with E-state index in [1.165, 1.54) is 12.1 Å². The van der Waals surface area contributed by atoms with Crippen LogP contribution < -0.4 is 14.9 Å². The molecule has 0 saturated carbocycles. The first-order valence-corrected chi connectivity index (χ1v) is 10.6. The van der Waals surface area contributed by atoms with Crippen LogP contribution in [0.3, 0.4) is 0 Å². The van der Waals surface area contributed by atoms with Crippen molar-refractivity contribution in [3.05, 3.63) is 66.0 Å². The van der Waals surface area contributed by atoms with E-state index >= 15 is 0 Å². The highest BCUT2D eigenvalue weighted by molar-refractivity contribution is 7.92. The third-order valence-corrected chi connectivity index (χ3v) is 4.48. The van der Waals surface area contributed by atoms with E-state index in [0.29, 0.717) is 30.9 Å². The molecule has 28 heavy (non-hydrogen) atoms. The Labute approximate surface area is 165 Å². The molecule has 0 aliphatic carbocycles. The Morgan fingerprint density at radius 2 is 1.82 bits per heavy atom. The minimum atomic E-state index is -3.31. The quantitative estimate of drug-likeness (QED) is 0.497. The van der Waals surface area contributed by atoms with Crippen LogP contribution in [-0.4, -0.2) is 40.7 Å². The standard InChI is InChI=1S/C20H24FN3O3S/c1-24(19-7-4-3-6-18(19)21)15-5-14-22-20(25)13-10-16-8-11-17(12-9-16)23-28(2,26)27/h3-4,6-13,23H,5,14-15H2,1-2H3,(H,22,25)/b13-10+. The molecule has 0 atom stereocenters. The van der Waals surface area contributed by atoms with Crippen LogP contribution in [0.2, 0.25) is 0 Å². The summed E-state index contributed by atoms with van der Waals surface area (Å²) < 4.78 is 38.4. The Kier molecular flexibility index (Phi) is 7.57. The number of halogens is 1. The Bertz CT molecular complexity index is 928. The largest absolute Gasteiger partial charge is 0.372 e. The number of para-hydroxylation sites is 1. The molecule has 0 aromatic heterocycles. The summed E-state index contributed by atoms with van der Waals surface area (Å²) in [5.41, 5.74) is 1.76. The number of rotatable bonds is 9. The van der Waals surface area contributed by atoms with Gasteiger partial charge in [0.2, 0.25) is 15.9 Å². The number of hydrogen-bond donors (Lipinski definition) is 2. The van der Waals surface area contributed by atoms with E-state index in [1.54, 1.807) is 48.5 Å². The number of sulfonamides is 1. The number of anilines is 2. The van der Waals surface area contributed by atoms with Crippen molar-refractivity contribution in [2.45, 2.75) is 6.42 Å². The van der Waals surface area contributed by atoms with Gasteiger partial charge in [-0.1, -0.05) is 24.3 Å². The van der Waals surface area contributed by atoms with Gasteiger partial charge in [-0.05, 0) is 42.3 Å². The van der Waals surface area contributed by atoms with Crippen LogP contribution in [0.15, 0.2) is 54.6 Å². The average molecular weight is 405 g/mol. The summed E-state index contributed by atoms with van der Waals surface area (Å²) in [5.74, 6) is -0.499. The van der Waals surface area contributed by atoms with Crippen LogP contribution in [0.1, 0.15) is 12.0 Å². The van der Waals surface area contributed by atoms with Gasteiger partial charge in [0.1, 0.15) is 5.82 Å². The van der Waals surface area contributed by atoms with Crippen LogP contribution in [0.5, 0.6) is 0 Å². The van der Waals surface area contributed by atoms with E-state index in [9.17, 15) is 17.6 Å². The number of amides is 1. The first-order chi connectivity index (χ1) is 13.2. The lowest BCUT2D eigenvalue weighted by atomic mass is 10.2. The van der Waals surface area contributed by atoms with Gasteiger partial charge in [-0.25, -0.2) is 12.8 Å². The molecular weight excluding hydrogens is 381 g/mol. The highest BCUT2D eigenvalue weighted by atomic mass is 32.2. The molecule has 2 N–H and O–H groups in total. The van der Waals surface area contributed by atoms with Crippen LogP contribution in [0.4, 0.5) is 15.8 Å². The number of benzene rings is 2. The normalized spacial score (nSPS) is 11.4. The molecule has 6 nitrogen and oxygen atoms in total. The lowest BCUT2D eigenvalue weighted by Gasteiger charge is -2.19. The SMILES string of the molecule is CN(CCCNC(=O)/C=C/c1ccc(NS(C)(=O)=O)cc1)c1ccccc1F. The van der Waals surface area contributed by atoms with E-state index in [-0.39, 0.29) is 11.7 Å². The summed E-state index contributed by atoms with van der Waals surface area (Å²) in [6, 6.07) is 13.2. The molecule has 1 amide bonds. The molecule has 0 aliphatic rings. The van der Waals surface area contributed by atoms with E-state index in [2.05, 4.69) is 10.0 Å². The molecule has 150 valence electrons. The van der Waals surface area contributed by atoms with E-state index < -0.39 is 10.0 Å². The van der Waals surface area contributed by atoms with Gasteiger partial charge >= 0.3 is 0 Å². The molecule has 0 saturated heterocycles. The third-order valence-electron chi connectivity index (χ3n) is 3.87. The molecule has 0 fully saturated rings. The van der Waals surface area contributed by atoms with Crippen molar-refractivity contribution in [2.24, 2.45) is 0 Å². The van der Waals surface area contributed by atoms with Gasteiger partial charge in [-0.2, -0.15) is 0 Å². The number of carbonyl (C=O) groups is 1. The Hall–Kier alpha value is -2.87. The van der Waals surface area contributed by atoms with Crippen molar-refractivity contribution in [2.75, 3.05) is 36.0 Å². The van der Waals surface area contributed by atoms with Crippen molar-refractivity contribution in [1.82, 2.24) is 5.32 Å². The van der Waals surface area contributed by atoms with Crippen molar-refractivity contribution in [3.8, 4) is 0 Å². The predicted octanol–water partition coefficient (Wildman–Crippen LogP) is 2.85. The zero-order valence-electron chi connectivity index (χ0n) is 15.9. The number of nitrogens with one attached hydrogen (secondary N) is 2. The zero-order valence-corrected chi connectivity index (χ0v) is 16.7. The first-order valence-electron chi connectivity index (χ1n) is 8.74.